The van der Waals surface area contributed by atoms with Gasteiger partial charge in [0.2, 0.25) is 0 Å². The quantitative estimate of drug-likeness (QED) is 0.841. The van der Waals surface area contributed by atoms with E-state index < -0.39 is 5.54 Å². The highest BCUT2D eigenvalue weighted by molar-refractivity contribution is 5.33. The number of methoxy groups -OCH3 is 1. The van der Waals surface area contributed by atoms with Crippen molar-refractivity contribution in [3.8, 4) is 5.75 Å². The summed E-state index contributed by atoms with van der Waals surface area (Å²) in [6.45, 7) is 4.56. The van der Waals surface area contributed by atoms with Crippen molar-refractivity contribution in [1.29, 1.82) is 0 Å². The van der Waals surface area contributed by atoms with Crippen LogP contribution in [0.4, 0.5) is 4.39 Å². The molecule has 1 fully saturated rings. The van der Waals surface area contributed by atoms with Crippen molar-refractivity contribution in [3.63, 3.8) is 0 Å². The maximum Gasteiger partial charge on any atom is 0.165 e. The molecule has 1 aromatic rings. The lowest BCUT2D eigenvalue weighted by molar-refractivity contribution is 0.324. The van der Waals surface area contributed by atoms with Gasteiger partial charge in [0.05, 0.1) is 7.11 Å². The van der Waals surface area contributed by atoms with Crippen LogP contribution in [0.1, 0.15) is 51.5 Å². The van der Waals surface area contributed by atoms with Crippen molar-refractivity contribution in [2.45, 2.75) is 51.5 Å². The Kier molecular flexibility index (Phi) is 4.69. The lowest BCUT2D eigenvalue weighted by atomic mass is 9.82. The van der Waals surface area contributed by atoms with Gasteiger partial charge in [0.25, 0.3) is 0 Å². The van der Waals surface area contributed by atoms with Crippen molar-refractivity contribution in [2.75, 3.05) is 7.11 Å². The van der Waals surface area contributed by atoms with Gasteiger partial charge in [-0.2, -0.15) is 0 Å². The minimum absolute atomic E-state index is 0.283. The van der Waals surface area contributed by atoms with Crippen molar-refractivity contribution < 1.29 is 9.13 Å². The van der Waals surface area contributed by atoms with Crippen LogP contribution in [-0.4, -0.2) is 7.11 Å². The van der Waals surface area contributed by atoms with Crippen LogP contribution in [0, 0.1) is 17.7 Å². The Labute approximate surface area is 121 Å². The smallest absolute Gasteiger partial charge is 0.165 e. The fourth-order valence-electron chi connectivity index (χ4n) is 3.32. The second kappa shape index (κ2) is 6.13. The van der Waals surface area contributed by atoms with Crippen LogP contribution in [-0.2, 0) is 5.54 Å². The molecule has 0 aliphatic heterocycles. The number of halogens is 1. The molecule has 0 amide bonds. The van der Waals surface area contributed by atoms with Crippen molar-refractivity contribution in [1.82, 2.24) is 0 Å². The summed E-state index contributed by atoms with van der Waals surface area (Å²) in [5.74, 6) is 1.40. The second-order valence-electron chi connectivity index (χ2n) is 6.44. The first-order chi connectivity index (χ1) is 9.46. The molecule has 2 unspecified atom stereocenters. The van der Waals surface area contributed by atoms with Crippen LogP contribution in [0.2, 0.25) is 0 Å². The van der Waals surface area contributed by atoms with Gasteiger partial charge in [0.15, 0.2) is 11.6 Å². The summed E-state index contributed by atoms with van der Waals surface area (Å²) < 4.78 is 18.9. The largest absolute Gasteiger partial charge is 0.494 e. The summed E-state index contributed by atoms with van der Waals surface area (Å²) >= 11 is 0. The third-order valence-electron chi connectivity index (χ3n) is 4.83. The molecule has 20 heavy (non-hydrogen) atoms. The molecular formula is C17H26FNO. The van der Waals surface area contributed by atoms with Crippen LogP contribution in [0.15, 0.2) is 18.2 Å². The van der Waals surface area contributed by atoms with E-state index in [9.17, 15) is 4.39 Å². The maximum atomic E-state index is 13.9. The van der Waals surface area contributed by atoms with Gasteiger partial charge in [0.1, 0.15) is 0 Å². The zero-order valence-electron chi connectivity index (χ0n) is 12.8. The summed E-state index contributed by atoms with van der Waals surface area (Å²) in [5.41, 5.74) is 7.11. The molecular weight excluding hydrogens is 253 g/mol. The first-order valence-corrected chi connectivity index (χ1v) is 7.59. The highest BCUT2D eigenvalue weighted by Crippen LogP contribution is 2.39. The van der Waals surface area contributed by atoms with Gasteiger partial charge in [-0.1, -0.05) is 32.8 Å². The second-order valence-corrected chi connectivity index (χ2v) is 6.44. The van der Waals surface area contributed by atoms with Crippen molar-refractivity contribution in [2.24, 2.45) is 17.6 Å². The van der Waals surface area contributed by atoms with Crippen LogP contribution in [0.25, 0.3) is 0 Å². The molecule has 0 radical (unpaired) electrons. The van der Waals surface area contributed by atoms with Gasteiger partial charge in [-0.15, -0.1) is 0 Å². The molecule has 2 atom stereocenters. The predicted molar refractivity (Wildman–Crippen MR) is 80.2 cm³/mol. The van der Waals surface area contributed by atoms with Crippen molar-refractivity contribution >= 4 is 0 Å². The standard InChI is InChI=1S/C17H26FNO/c1-12(2)13-5-4-9-17(19,10-8-13)14-6-7-16(20-3)15(18)11-14/h6-7,11-13H,4-5,8-10,19H2,1-3H3. The molecule has 1 aliphatic rings. The lowest BCUT2D eigenvalue weighted by Crippen LogP contribution is -2.36. The van der Waals surface area contributed by atoms with E-state index in [1.54, 1.807) is 12.1 Å². The van der Waals surface area contributed by atoms with Gasteiger partial charge in [-0.05, 0) is 48.8 Å². The molecule has 2 N–H and O–H groups in total. The third kappa shape index (κ3) is 3.14. The van der Waals surface area contributed by atoms with E-state index in [0.29, 0.717) is 5.92 Å². The molecule has 2 nitrogen and oxygen atoms in total. The number of benzene rings is 1. The summed E-state index contributed by atoms with van der Waals surface area (Å²) in [4.78, 5) is 0. The Balaban J connectivity index is 2.20. The van der Waals surface area contributed by atoms with E-state index in [1.165, 1.54) is 13.5 Å². The van der Waals surface area contributed by atoms with Crippen LogP contribution >= 0.6 is 0 Å². The number of ether oxygens (including phenoxy) is 1. The lowest BCUT2D eigenvalue weighted by Gasteiger charge is -2.29. The van der Waals surface area contributed by atoms with Crippen LogP contribution in [0.5, 0.6) is 5.75 Å². The van der Waals surface area contributed by atoms with Gasteiger partial charge >= 0.3 is 0 Å². The molecule has 1 aliphatic carbocycles. The predicted octanol–water partition coefficient (Wildman–Crippen LogP) is 4.22. The monoisotopic (exact) mass is 279 g/mol. The van der Waals surface area contributed by atoms with E-state index >= 15 is 0 Å². The molecule has 0 bridgehead atoms. The Bertz CT molecular complexity index is 460. The normalized spacial score (nSPS) is 27.4. The highest BCUT2D eigenvalue weighted by atomic mass is 19.1. The van der Waals surface area contributed by atoms with Crippen LogP contribution in [0.3, 0.4) is 0 Å². The van der Waals surface area contributed by atoms with Gasteiger partial charge in [-0.25, -0.2) is 4.39 Å². The number of nitrogens with two attached hydrogens (primary N) is 1. The zero-order chi connectivity index (χ0) is 14.8. The highest BCUT2D eigenvalue weighted by Gasteiger charge is 2.32. The van der Waals surface area contributed by atoms with E-state index in [1.807, 2.05) is 6.07 Å². The van der Waals surface area contributed by atoms with Crippen molar-refractivity contribution in [3.05, 3.63) is 29.6 Å². The Morgan fingerprint density at radius 1 is 1.30 bits per heavy atom. The molecule has 2 rings (SSSR count). The fourth-order valence-corrected chi connectivity index (χ4v) is 3.32. The minimum atomic E-state index is -0.392. The first-order valence-electron chi connectivity index (χ1n) is 7.59. The average molecular weight is 279 g/mol. The molecule has 1 saturated carbocycles. The molecule has 3 heteroatoms. The van der Waals surface area contributed by atoms with Crippen LogP contribution < -0.4 is 10.5 Å². The average Bonchev–Trinajstić information content (AvgIpc) is 2.62. The zero-order valence-corrected chi connectivity index (χ0v) is 12.8. The molecule has 0 spiro atoms. The summed E-state index contributed by atoms with van der Waals surface area (Å²) in [5, 5.41) is 0. The summed E-state index contributed by atoms with van der Waals surface area (Å²) in [6, 6.07) is 5.15. The Hall–Kier alpha value is -1.09. The van der Waals surface area contributed by atoms with E-state index in [0.717, 1.165) is 37.2 Å². The molecule has 0 saturated heterocycles. The topological polar surface area (TPSA) is 35.2 Å². The molecule has 0 aromatic heterocycles. The van der Waals surface area contributed by atoms with Gasteiger partial charge in [-0.3, -0.25) is 0 Å². The fraction of sp³-hybridized carbons (Fsp3) is 0.647. The Morgan fingerprint density at radius 3 is 2.65 bits per heavy atom. The summed E-state index contributed by atoms with van der Waals surface area (Å²) in [7, 11) is 1.48. The van der Waals surface area contributed by atoms with Gasteiger partial charge < -0.3 is 10.5 Å². The number of hydrogen-bond donors (Lipinski definition) is 1. The number of rotatable bonds is 3. The molecule has 112 valence electrons. The van der Waals surface area contributed by atoms with Gasteiger partial charge in [0, 0.05) is 5.54 Å². The first kappa shape index (κ1) is 15.3. The maximum absolute atomic E-state index is 13.9. The SMILES string of the molecule is COc1ccc(C2(N)CCCC(C(C)C)CC2)cc1F. The van der Waals surface area contributed by atoms with E-state index in [2.05, 4.69) is 13.8 Å². The van der Waals surface area contributed by atoms with E-state index in [-0.39, 0.29) is 11.6 Å². The molecule has 1 aromatic carbocycles. The third-order valence-corrected chi connectivity index (χ3v) is 4.83. The molecule has 0 heterocycles. The number of hydrogen-bond acceptors (Lipinski definition) is 2. The minimum Gasteiger partial charge on any atom is -0.494 e. The Morgan fingerprint density at radius 2 is 2.05 bits per heavy atom. The summed E-state index contributed by atoms with van der Waals surface area (Å²) in [6.07, 6.45) is 5.34. The van der Waals surface area contributed by atoms with E-state index in [4.69, 9.17) is 10.5 Å².